The lowest BCUT2D eigenvalue weighted by atomic mass is 10.0. The normalized spacial score (nSPS) is 12.0. The number of carboxylic acid groups (broad SMARTS) is 1. The molecule has 6 nitrogen and oxygen atoms in total. The Morgan fingerprint density at radius 1 is 1.35 bits per heavy atom. The SMILES string of the molecule is CCn1nc(C)cc1C(=O)N[C@H](CC(=O)O)c1ccc(F)cc1. The Hall–Kier alpha value is -2.70. The molecular weight excluding hydrogens is 301 g/mol. The lowest BCUT2D eigenvalue weighted by molar-refractivity contribution is -0.137. The molecule has 1 atom stereocenters. The van der Waals surface area contributed by atoms with E-state index in [0.717, 1.165) is 0 Å². The Balaban J connectivity index is 2.24. The van der Waals surface area contributed by atoms with Crippen molar-refractivity contribution in [2.75, 3.05) is 0 Å². The highest BCUT2D eigenvalue weighted by atomic mass is 19.1. The van der Waals surface area contributed by atoms with Crippen LogP contribution in [0.1, 0.15) is 41.1 Å². The standard InChI is InChI=1S/C16H18FN3O3/c1-3-20-14(8-10(2)19-20)16(23)18-13(9-15(21)22)11-4-6-12(17)7-5-11/h4-8,13H,3,9H2,1-2H3,(H,18,23)(H,21,22)/t13-/m1/s1. The van der Waals surface area contributed by atoms with E-state index in [2.05, 4.69) is 10.4 Å². The number of nitrogens with one attached hydrogen (secondary N) is 1. The number of carbonyl (C=O) groups is 2. The van der Waals surface area contributed by atoms with Crippen molar-refractivity contribution < 1.29 is 19.1 Å². The van der Waals surface area contributed by atoms with E-state index in [1.165, 1.54) is 24.3 Å². The smallest absolute Gasteiger partial charge is 0.305 e. The minimum atomic E-state index is -1.06. The van der Waals surface area contributed by atoms with E-state index < -0.39 is 23.7 Å². The quantitative estimate of drug-likeness (QED) is 0.855. The van der Waals surface area contributed by atoms with Crippen molar-refractivity contribution in [1.29, 1.82) is 0 Å². The summed E-state index contributed by atoms with van der Waals surface area (Å²) in [6, 6.07) is 6.28. The van der Waals surface area contributed by atoms with Crippen LogP contribution in [0.2, 0.25) is 0 Å². The van der Waals surface area contributed by atoms with Gasteiger partial charge in [0.25, 0.3) is 5.91 Å². The fraction of sp³-hybridized carbons (Fsp3) is 0.312. The van der Waals surface area contributed by atoms with Crippen LogP contribution in [0, 0.1) is 12.7 Å². The third kappa shape index (κ3) is 4.15. The maximum absolute atomic E-state index is 13.0. The van der Waals surface area contributed by atoms with Crippen LogP contribution in [0.5, 0.6) is 0 Å². The number of aryl methyl sites for hydroxylation is 2. The van der Waals surface area contributed by atoms with Crippen LogP contribution >= 0.6 is 0 Å². The van der Waals surface area contributed by atoms with E-state index in [-0.39, 0.29) is 6.42 Å². The second-order valence-electron chi connectivity index (χ2n) is 5.16. The van der Waals surface area contributed by atoms with Crippen molar-refractivity contribution in [2.24, 2.45) is 0 Å². The highest BCUT2D eigenvalue weighted by Crippen LogP contribution is 2.18. The zero-order valence-electron chi connectivity index (χ0n) is 12.9. The summed E-state index contributed by atoms with van der Waals surface area (Å²) in [7, 11) is 0. The van der Waals surface area contributed by atoms with Gasteiger partial charge in [-0.25, -0.2) is 4.39 Å². The van der Waals surface area contributed by atoms with Gasteiger partial charge in [0.15, 0.2) is 0 Å². The Morgan fingerprint density at radius 2 is 2.00 bits per heavy atom. The molecule has 1 aromatic heterocycles. The van der Waals surface area contributed by atoms with Gasteiger partial charge in [-0.2, -0.15) is 5.10 Å². The molecule has 0 aliphatic rings. The molecule has 0 radical (unpaired) electrons. The van der Waals surface area contributed by atoms with Crippen LogP contribution in [0.3, 0.4) is 0 Å². The molecule has 2 aromatic rings. The second kappa shape index (κ2) is 7.04. The molecule has 122 valence electrons. The fourth-order valence-electron chi connectivity index (χ4n) is 2.32. The Bertz CT molecular complexity index is 710. The molecule has 0 aliphatic heterocycles. The van der Waals surface area contributed by atoms with Crippen molar-refractivity contribution in [3.63, 3.8) is 0 Å². The first kappa shape index (κ1) is 16.7. The molecule has 0 fully saturated rings. The topological polar surface area (TPSA) is 84.2 Å². The minimum absolute atomic E-state index is 0.295. The van der Waals surface area contributed by atoms with E-state index >= 15 is 0 Å². The molecule has 23 heavy (non-hydrogen) atoms. The van der Waals surface area contributed by atoms with Crippen LogP contribution in [0.4, 0.5) is 4.39 Å². The Morgan fingerprint density at radius 3 is 2.57 bits per heavy atom. The molecule has 0 aliphatic carbocycles. The summed E-state index contributed by atoms with van der Waals surface area (Å²) in [4.78, 5) is 23.5. The van der Waals surface area contributed by atoms with Crippen LogP contribution in [-0.2, 0) is 11.3 Å². The summed E-state index contributed by atoms with van der Waals surface area (Å²) in [5.41, 5.74) is 1.59. The van der Waals surface area contributed by atoms with E-state index in [9.17, 15) is 14.0 Å². The average molecular weight is 319 g/mol. The van der Waals surface area contributed by atoms with Crippen LogP contribution in [0.25, 0.3) is 0 Å². The van der Waals surface area contributed by atoms with Gasteiger partial charge in [0, 0.05) is 6.54 Å². The second-order valence-corrected chi connectivity index (χ2v) is 5.16. The minimum Gasteiger partial charge on any atom is -0.481 e. The Labute approximate surface area is 132 Å². The van der Waals surface area contributed by atoms with Gasteiger partial charge in [-0.05, 0) is 37.6 Å². The monoisotopic (exact) mass is 319 g/mol. The predicted octanol–water partition coefficient (Wildman–Crippen LogP) is 2.30. The summed E-state index contributed by atoms with van der Waals surface area (Å²) < 4.78 is 14.6. The lowest BCUT2D eigenvalue weighted by Gasteiger charge is -2.17. The molecule has 2 rings (SSSR count). The summed E-state index contributed by atoms with van der Waals surface area (Å²) >= 11 is 0. The molecule has 0 saturated heterocycles. The highest BCUT2D eigenvalue weighted by molar-refractivity contribution is 5.93. The largest absolute Gasteiger partial charge is 0.481 e. The number of carbonyl (C=O) groups excluding carboxylic acids is 1. The maximum Gasteiger partial charge on any atom is 0.305 e. The number of benzene rings is 1. The van der Waals surface area contributed by atoms with E-state index in [1.807, 2.05) is 6.92 Å². The lowest BCUT2D eigenvalue weighted by Crippen LogP contribution is -2.31. The predicted molar refractivity (Wildman–Crippen MR) is 81.5 cm³/mol. The zero-order valence-corrected chi connectivity index (χ0v) is 12.9. The number of hydrogen-bond donors (Lipinski definition) is 2. The molecule has 0 unspecified atom stereocenters. The van der Waals surface area contributed by atoms with Crippen LogP contribution in [0.15, 0.2) is 30.3 Å². The number of amides is 1. The number of carboxylic acids is 1. The van der Waals surface area contributed by atoms with Gasteiger partial charge >= 0.3 is 5.97 Å². The highest BCUT2D eigenvalue weighted by Gasteiger charge is 2.21. The van der Waals surface area contributed by atoms with Gasteiger partial charge in [0.05, 0.1) is 18.2 Å². The number of hydrogen-bond acceptors (Lipinski definition) is 3. The third-order valence-corrected chi connectivity index (χ3v) is 3.39. The van der Waals surface area contributed by atoms with Crippen molar-refractivity contribution >= 4 is 11.9 Å². The van der Waals surface area contributed by atoms with Crippen LogP contribution < -0.4 is 5.32 Å². The number of halogens is 1. The fourth-order valence-corrected chi connectivity index (χ4v) is 2.32. The van der Waals surface area contributed by atoms with Crippen LogP contribution in [-0.4, -0.2) is 26.8 Å². The first-order chi connectivity index (χ1) is 10.9. The van der Waals surface area contributed by atoms with Crippen molar-refractivity contribution in [3.05, 3.63) is 53.1 Å². The molecule has 1 heterocycles. The summed E-state index contributed by atoms with van der Waals surface area (Å²) in [5, 5.41) is 15.9. The summed E-state index contributed by atoms with van der Waals surface area (Å²) in [6.07, 6.45) is -0.295. The van der Waals surface area contributed by atoms with Gasteiger partial charge < -0.3 is 10.4 Å². The first-order valence-corrected chi connectivity index (χ1v) is 7.23. The maximum atomic E-state index is 13.0. The van der Waals surface area contributed by atoms with Gasteiger partial charge in [-0.3, -0.25) is 14.3 Å². The van der Waals surface area contributed by atoms with E-state index in [4.69, 9.17) is 5.11 Å². The van der Waals surface area contributed by atoms with Gasteiger partial charge in [-0.1, -0.05) is 12.1 Å². The molecule has 1 amide bonds. The van der Waals surface area contributed by atoms with Gasteiger partial charge in [-0.15, -0.1) is 0 Å². The van der Waals surface area contributed by atoms with E-state index in [0.29, 0.717) is 23.5 Å². The summed E-state index contributed by atoms with van der Waals surface area (Å²) in [6.45, 7) is 4.16. The van der Waals surface area contributed by atoms with Gasteiger partial charge in [0.1, 0.15) is 11.5 Å². The molecule has 7 heteroatoms. The molecule has 1 aromatic carbocycles. The van der Waals surface area contributed by atoms with Gasteiger partial charge in [0.2, 0.25) is 0 Å². The molecular formula is C16H18FN3O3. The first-order valence-electron chi connectivity index (χ1n) is 7.23. The third-order valence-electron chi connectivity index (χ3n) is 3.39. The number of nitrogens with zero attached hydrogens (tertiary/aromatic N) is 2. The average Bonchev–Trinajstić information content (AvgIpc) is 2.88. The molecule has 2 N–H and O–H groups in total. The Kier molecular flexibility index (Phi) is 5.10. The molecule has 0 spiro atoms. The number of rotatable bonds is 6. The van der Waals surface area contributed by atoms with Crippen molar-refractivity contribution in [2.45, 2.75) is 32.9 Å². The number of aliphatic carboxylic acids is 1. The molecule has 0 bridgehead atoms. The zero-order chi connectivity index (χ0) is 17.0. The summed E-state index contributed by atoms with van der Waals surface area (Å²) in [5.74, 6) is -1.89. The van der Waals surface area contributed by atoms with E-state index in [1.54, 1.807) is 17.7 Å². The number of aromatic nitrogens is 2. The van der Waals surface area contributed by atoms with Crippen molar-refractivity contribution in [1.82, 2.24) is 15.1 Å². The van der Waals surface area contributed by atoms with Crippen molar-refractivity contribution in [3.8, 4) is 0 Å². The molecule has 0 saturated carbocycles.